The minimum absolute atomic E-state index is 0.244. The van der Waals surface area contributed by atoms with Gasteiger partial charge >= 0.3 is 5.97 Å². The molecule has 150 valence electrons. The van der Waals surface area contributed by atoms with Crippen molar-refractivity contribution in [3.63, 3.8) is 0 Å². The summed E-state index contributed by atoms with van der Waals surface area (Å²) in [7, 11) is 0. The topological polar surface area (TPSA) is 91.8 Å². The van der Waals surface area contributed by atoms with Gasteiger partial charge in [0, 0.05) is 12.6 Å². The summed E-state index contributed by atoms with van der Waals surface area (Å²) in [6.45, 7) is 2.11. The van der Waals surface area contributed by atoms with Crippen LogP contribution in [0.25, 0.3) is 10.2 Å². The Hall–Kier alpha value is -2.75. The van der Waals surface area contributed by atoms with Crippen molar-refractivity contribution in [2.45, 2.75) is 31.3 Å². The van der Waals surface area contributed by atoms with Crippen molar-refractivity contribution in [1.29, 1.82) is 0 Å². The highest BCUT2D eigenvalue weighted by Gasteiger charge is 2.50. The molecule has 2 aliphatic heterocycles. The number of anilines is 2. The number of hydrogen-bond donors (Lipinski definition) is 1. The maximum Gasteiger partial charge on any atom is 0.303 e. The molecule has 9 heteroatoms. The van der Waals surface area contributed by atoms with Crippen molar-refractivity contribution in [2.24, 2.45) is 0 Å². The van der Waals surface area contributed by atoms with Gasteiger partial charge in [-0.2, -0.15) is 0 Å². The lowest BCUT2D eigenvalue weighted by atomic mass is 10.1. The van der Waals surface area contributed by atoms with Gasteiger partial charge in [-0.15, -0.1) is 11.3 Å². The molecule has 0 saturated carbocycles. The molecule has 0 amide bonds. The van der Waals surface area contributed by atoms with Gasteiger partial charge in [-0.25, -0.2) is 9.97 Å². The van der Waals surface area contributed by atoms with Crippen molar-refractivity contribution in [2.75, 3.05) is 18.5 Å². The third-order valence-electron chi connectivity index (χ3n) is 4.93. The van der Waals surface area contributed by atoms with Crippen molar-refractivity contribution in [3.05, 3.63) is 42.0 Å². The molecule has 0 bridgehead atoms. The molecule has 4 atom stereocenters. The quantitative estimate of drug-likeness (QED) is 0.639. The summed E-state index contributed by atoms with van der Waals surface area (Å²) < 4.78 is 23.9. The van der Waals surface area contributed by atoms with Gasteiger partial charge in [-0.1, -0.05) is 0 Å². The summed E-state index contributed by atoms with van der Waals surface area (Å²) in [5.74, 6) is 1.16. The number of carbonyl (C=O) groups excluding carboxylic acids is 1. The summed E-state index contributed by atoms with van der Waals surface area (Å²) in [6, 6.07) is 9.61. The third-order valence-corrected chi connectivity index (χ3v) is 5.84. The molecule has 29 heavy (non-hydrogen) atoms. The van der Waals surface area contributed by atoms with Gasteiger partial charge in [-0.05, 0) is 35.7 Å². The van der Waals surface area contributed by atoms with Crippen LogP contribution < -0.4 is 10.1 Å². The van der Waals surface area contributed by atoms with Gasteiger partial charge in [0.2, 0.25) is 0 Å². The van der Waals surface area contributed by atoms with Crippen molar-refractivity contribution in [3.8, 4) is 5.75 Å². The van der Waals surface area contributed by atoms with Gasteiger partial charge in [-0.3, -0.25) is 4.79 Å². The lowest BCUT2D eigenvalue weighted by Gasteiger charge is -2.18. The molecule has 3 aromatic rings. The molecule has 2 saturated heterocycles. The van der Waals surface area contributed by atoms with Gasteiger partial charge < -0.3 is 24.3 Å². The SMILES string of the molecule is CC(=O)O[C@H]1CO[C@H]2[C@@H]1OC[C@@H]2Oc1ccc(Nc2ncnc3ccsc23)cc1. The number of ether oxygens (including phenoxy) is 4. The number of rotatable bonds is 5. The number of hydrogen-bond acceptors (Lipinski definition) is 9. The number of thiophene rings is 1. The van der Waals surface area contributed by atoms with E-state index in [4.69, 9.17) is 18.9 Å². The molecule has 5 rings (SSSR count). The Morgan fingerprint density at radius 3 is 2.66 bits per heavy atom. The molecule has 0 radical (unpaired) electrons. The lowest BCUT2D eigenvalue weighted by Crippen LogP contribution is -2.36. The minimum atomic E-state index is -0.375. The predicted octanol–water partition coefficient (Wildman–Crippen LogP) is 2.91. The van der Waals surface area contributed by atoms with E-state index in [9.17, 15) is 4.79 Å². The van der Waals surface area contributed by atoms with E-state index in [1.807, 2.05) is 35.7 Å². The molecular formula is C20H19N3O5S. The minimum Gasteiger partial charge on any atom is -0.485 e. The Bertz CT molecular complexity index is 1020. The fourth-order valence-corrected chi connectivity index (χ4v) is 4.44. The zero-order chi connectivity index (χ0) is 19.8. The number of nitrogens with one attached hydrogen (secondary N) is 1. The Kier molecular flexibility index (Phi) is 4.78. The number of carbonyl (C=O) groups is 1. The second-order valence-electron chi connectivity index (χ2n) is 6.91. The first-order valence-electron chi connectivity index (χ1n) is 9.30. The lowest BCUT2D eigenvalue weighted by molar-refractivity contribution is -0.150. The Balaban J connectivity index is 1.23. The van der Waals surface area contributed by atoms with E-state index < -0.39 is 0 Å². The fourth-order valence-electron chi connectivity index (χ4n) is 3.65. The first-order valence-corrected chi connectivity index (χ1v) is 10.2. The maximum absolute atomic E-state index is 11.2. The van der Waals surface area contributed by atoms with Gasteiger partial charge in [0.05, 0.1) is 23.4 Å². The summed E-state index contributed by atoms with van der Waals surface area (Å²) in [5.41, 5.74) is 1.82. The summed E-state index contributed by atoms with van der Waals surface area (Å²) >= 11 is 1.60. The van der Waals surface area contributed by atoms with Crippen LogP contribution in [0, 0.1) is 0 Å². The molecule has 0 spiro atoms. The van der Waals surface area contributed by atoms with E-state index in [1.54, 1.807) is 17.7 Å². The number of nitrogens with zero attached hydrogens (tertiary/aromatic N) is 2. The molecule has 1 N–H and O–H groups in total. The van der Waals surface area contributed by atoms with E-state index in [1.165, 1.54) is 6.92 Å². The van der Waals surface area contributed by atoms with Crippen LogP contribution in [0.1, 0.15) is 6.92 Å². The molecule has 0 unspecified atom stereocenters. The van der Waals surface area contributed by atoms with Gasteiger partial charge in [0.1, 0.15) is 24.3 Å². The Morgan fingerprint density at radius 2 is 1.86 bits per heavy atom. The van der Waals surface area contributed by atoms with Gasteiger partial charge in [0.15, 0.2) is 18.0 Å². The van der Waals surface area contributed by atoms with Crippen molar-refractivity contribution in [1.82, 2.24) is 9.97 Å². The second kappa shape index (κ2) is 7.58. The van der Waals surface area contributed by atoms with Crippen LogP contribution in [0.3, 0.4) is 0 Å². The number of benzene rings is 1. The summed E-state index contributed by atoms with van der Waals surface area (Å²) in [6.07, 6.45) is 0.406. The fraction of sp³-hybridized carbons (Fsp3) is 0.350. The first kappa shape index (κ1) is 18.3. The zero-order valence-corrected chi connectivity index (χ0v) is 16.4. The van der Waals surface area contributed by atoms with E-state index >= 15 is 0 Å². The molecule has 2 fully saturated rings. The highest BCUT2D eigenvalue weighted by molar-refractivity contribution is 7.17. The smallest absolute Gasteiger partial charge is 0.303 e. The molecule has 8 nitrogen and oxygen atoms in total. The maximum atomic E-state index is 11.2. The van der Waals surface area contributed by atoms with Crippen LogP contribution in [-0.4, -0.2) is 53.6 Å². The molecule has 1 aromatic carbocycles. The zero-order valence-electron chi connectivity index (χ0n) is 15.6. The summed E-state index contributed by atoms with van der Waals surface area (Å²) in [4.78, 5) is 19.8. The highest BCUT2D eigenvalue weighted by Crippen LogP contribution is 2.32. The van der Waals surface area contributed by atoms with Crippen LogP contribution in [0.5, 0.6) is 5.75 Å². The predicted molar refractivity (Wildman–Crippen MR) is 107 cm³/mol. The number of esters is 1. The Labute approximate surface area is 170 Å². The van der Waals surface area contributed by atoms with Crippen LogP contribution >= 0.6 is 11.3 Å². The van der Waals surface area contributed by atoms with Crippen molar-refractivity contribution < 1.29 is 23.7 Å². The molecule has 0 aliphatic carbocycles. The van der Waals surface area contributed by atoms with E-state index in [0.29, 0.717) is 19.0 Å². The molecule has 2 aliphatic rings. The average molecular weight is 413 g/mol. The van der Waals surface area contributed by atoms with Crippen LogP contribution in [0.15, 0.2) is 42.0 Å². The van der Waals surface area contributed by atoms with E-state index in [0.717, 1.165) is 21.7 Å². The van der Waals surface area contributed by atoms with E-state index in [-0.39, 0.29) is 30.4 Å². The summed E-state index contributed by atoms with van der Waals surface area (Å²) in [5, 5.41) is 5.32. The third kappa shape index (κ3) is 3.64. The average Bonchev–Trinajstić information content (AvgIpc) is 3.42. The second-order valence-corrected chi connectivity index (χ2v) is 7.82. The Morgan fingerprint density at radius 1 is 1.10 bits per heavy atom. The largest absolute Gasteiger partial charge is 0.485 e. The molecule has 4 heterocycles. The molecule has 2 aromatic heterocycles. The number of aromatic nitrogens is 2. The van der Waals surface area contributed by atoms with E-state index in [2.05, 4.69) is 15.3 Å². The normalized spacial score (nSPS) is 25.7. The van der Waals surface area contributed by atoms with Crippen molar-refractivity contribution >= 4 is 39.0 Å². The number of fused-ring (bicyclic) bond motifs is 2. The van der Waals surface area contributed by atoms with Crippen LogP contribution in [0.2, 0.25) is 0 Å². The van der Waals surface area contributed by atoms with Crippen LogP contribution in [-0.2, 0) is 19.0 Å². The van der Waals surface area contributed by atoms with Gasteiger partial charge in [0.25, 0.3) is 0 Å². The standard InChI is InChI=1S/C20H19N3O5S/c1-11(24)27-15-8-25-18-16(9-26-17(15)18)28-13-4-2-12(3-5-13)23-20-19-14(6-7-29-19)21-10-22-20/h2-7,10,15-18H,8-9H2,1H3,(H,21,22,23)/t15-,16-,17+,18+/m0/s1. The first-order chi connectivity index (χ1) is 14.2. The molecular weight excluding hydrogens is 394 g/mol. The van der Waals surface area contributed by atoms with Crippen LogP contribution in [0.4, 0.5) is 11.5 Å². The highest BCUT2D eigenvalue weighted by atomic mass is 32.1. The monoisotopic (exact) mass is 413 g/mol.